The quantitative estimate of drug-likeness (QED) is 0.248. The molecule has 3 aliphatic carbocycles. The predicted octanol–water partition coefficient (Wildman–Crippen LogP) is 6.14. The average molecular weight is 546 g/mol. The van der Waals surface area contributed by atoms with Crippen LogP contribution in [0.5, 0.6) is 0 Å². The van der Waals surface area contributed by atoms with Gasteiger partial charge in [-0.2, -0.15) is 0 Å². The topological polar surface area (TPSA) is 70.0 Å². The van der Waals surface area contributed by atoms with Crippen molar-refractivity contribution in [3.8, 4) is 0 Å². The van der Waals surface area contributed by atoms with Crippen LogP contribution in [0.15, 0.2) is 72.8 Å². The molecule has 0 aliphatic heterocycles. The van der Waals surface area contributed by atoms with Crippen molar-refractivity contribution in [3.63, 3.8) is 0 Å². The van der Waals surface area contributed by atoms with Crippen LogP contribution in [0.3, 0.4) is 0 Å². The van der Waals surface area contributed by atoms with E-state index in [4.69, 9.17) is 4.74 Å². The molecule has 3 fully saturated rings. The van der Waals surface area contributed by atoms with Gasteiger partial charge in [-0.1, -0.05) is 92.1 Å². The molecule has 0 bridgehead atoms. The first-order valence-electron chi connectivity index (χ1n) is 15.5. The molecule has 2 unspecified atom stereocenters. The maximum atomic E-state index is 13.2. The zero-order chi connectivity index (χ0) is 27.7. The van der Waals surface area contributed by atoms with E-state index in [1.165, 1.54) is 19.3 Å². The molecule has 0 aromatic heterocycles. The molecule has 0 spiro atoms. The lowest BCUT2D eigenvalue weighted by atomic mass is 9.84. The van der Waals surface area contributed by atoms with Crippen molar-refractivity contribution in [1.29, 1.82) is 0 Å². The van der Waals surface area contributed by atoms with E-state index >= 15 is 0 Å². The van der Waals surface area contributed by atoms with Crippen molar-refractivity contribution in [3.05, 3.63) is 83.9 Å². The monoisotopic (exact) mass is 545 g/mol. The van der Waals surface area contributed by atoms with Gasteiger partial charge in [0, 0.05) is 25.6 Å². The fraction of sp³-hybridized carbons (Fsp3) is 0.571. The van der Waals surface area contributed by atoms with E-state index in [9.17, 15) is 15.0 Å². The van der Waals surface area contributed by atoms with Gasteiger partial charge in [0.1, 0.15) is 6.61 Å². The summed E-state index contributed by atoms with van der Waals surface area (Å²) in [6.07, 6.45) is 13.5. The van der Waals surface area contributed by atoms with Crippen LogP contribution in [0.2, 0.25) is 0 Å². The fourth-order valence-electron chi connectivity index (χ4n) is 7.49. The smallest absolute Gasteiger partial charge is 0.249 e. The predicted molar refractivity (Wildman–Crippen MR) is 158 cm³/mol. The van der Waals surface area contributed by atoms with Crippen LogP contribution in [-0.2, 0) is 22.6 Å². The Morgan fingerprint density at radius 2 is 1.57 bits per heavy atom. The molecule has 0 radical (unpaired) electrons. The van der Waals surface area contributed by atoms with Crippen molar-refractivity contribution >= 4 is 5.91 Å². The van der Waals surface area contributed by atoms with Crippen LogP contribution >= 0.6 is 0 Å². The molecule has 216 valence electrons. The van der Waals surface area contributed by atoms with Crippen molar-refractivity contribution in [2.45, 2.75) is 83.1 Å². The molecule has 40 heavy (non-hydrogen) atoms. The molecule has 1 amide bonds. The number of carbonyl (C=O) groups excluding carboxylic acids is 1. The molecule has 2 aromatic carbocycles. The van der Waals surface area contributed by atoms with Crippen LogP contribution in [0.4, 0.5) is 0 Å². The maximum Gasteiger partial charge on any atom is 0.249 e. The molecule has 0 heterocycles. The van der Waals surface area contributed by atoms with Crippen LogP contribution in [0, 0.1) is 29.6 Å². The van der Waals surface area contributed by atoms with Gasteiger partial charge in [0.15, 0.2) is 0 Å². The summed E-state index contributed by atoms with van der Waals surface area (Å²) < 4.78 is 5.94. The fourth-order valence-corrected chi connectivity index (χ4v) is 7.49. The van der Waals surface area contributed by atoms with Crippen LogP contribution in [0.25, 0.3) is 0 Å². The lowest BCUT2D eigenvalue weighted by Gasteiger charge is -2.25. The highest BCUT2D eigenvalue weighted by Gasteiger charge is 2.46. The summed E-state index contributed by atoms with van der Waals surface area (Å²) in [4.78, 5) is 15.1. The number of aliphatic hydroxyl groups is 2. The van der Waals surface area contributed by atoms with Gasteiger partial charge in [-0.3, -0.25) is 4.79 Å². The van der Waals surface area contributed by atoms with Crippen molar-refractivity contribution in [2.24, 2.45) is 29.6 Å². The summed E-state index contributed by atoms with van der Waals surface area (Å²) in [6, 6.07) is 20.2. The second kappa shape index (κ2) is 14.4. The third-order valence-corrected chi connectivity index (χ3v) is 9.67. The number of amides is 1. The van der Waals surface area contributed by atoms with E-state index in [1.807, 2.05) is 47.4 Å². The Kier molecular flexibility index (Phi) is 10.5. The lowest BCUT2D eigenvalue weighted by molar-refractivity contribution is -0.137. The molecular formula is C35H47NO4. The number of fused-ring (bicyclic) bond motifs is 1. The van der Waals surface area contributed by atoms with Crippen LogP contribution in [0.1, 0.15) is 68.9 Å². The average Bonchev–Trinajstić information content (AvgIpc) is 3.51. The van der Waals surface area contributed by atoms with Gasteiger partial charge >= 0.3 is 0 Å². The molecule has 0 saturated heterocycles. The SMILES string of the molecule is O=C(COCCC1C[C@H]2C[C@@H](O)[C@H](C=CC(O)C3CCCCC3)[C@@H]2C1)N(Cc1ccccc1)Cc1ccccc1. The Morgan fingerprint density at radius 1 is 0.925 bits per heavy atom. The van der Waals surface area contributed by atoms with Gasteiger partial charge in [0.25, 0.3) is 0 Å². The van der Waals surface area contributed by atoms with Crippen molar-refractivity contribution in [1.82, 2.24) is 4.90 Å². The number of ether oxygens (including phenoxy) is 1. The van der Waals surface area contributed by atoms with E-state index in [2.05, 4.69) is 30.3 Å². The van der Waals surface area contributed by atoms with Crippen LogP contribution < -0.4 is 0 Å². The molecule has 3 saturated carbocycles. The number of benzene rings is 2. The number of hydrogen-bond donors (Lipinski definition) is 2. The Bertz CT molecular complexity index is 1030. The summed E-state index contributed by atoms with van der Waals surface area (Å²) in [7, 11) is 0. The highest BCUT2D eigenvalue weighted by Crippen LogP contribution is 2.51. The first kappa shape index (κ1) is 29.0. The second-order valence-corrected chi connectivity index (χ2v) is 12.5. The Labute approximate surface area is 240 Å². The minimum Gasteiger partial charge on any atom is -0.392 e. The minimum absolute atomic E-state index is 0.0147. The molecule has 5 nitrogen and oxygen atoms in total. The third-order valence-electron chi connectivity index (χ3n) is 9.67. The highest BCUT2D eigenvalue weighted by molar-refractivity contribution is 5.77. The first-order chi connectivity index (χ1) is 19.6. The second-order valence-electron chi connectivity index (χ2n) is 12.5. The Balaban J connectivity index is 1.07. The highest BCUT2D eigenvalue weighted by atomic mass is 16.5. The minimum atomic E-state index is -0.377. The summed E-state index contributed by atoms with van der Waals surface area (Å²) in [5.41, 5.74) is 2.22. The van der Waals surface area contributed by atoms with E-state index in [0.29, 0.717) is 43.4 Å². The zero-order valence-electron chi connectivity index (χ0n) is 23.8. The Morgan fingerprint density at radius 3 is 2.23 bits per heavy atom. The van der Waals surface area contributed by atoms with Gasteiger partial charge in [-0.25, -0.2) is 0 Å². The first-order valence-corrected chi connectivity index (χ1v) is 15.5. The molecule has 6 atom stereocenters. The molecule has 5 rings (SSSR count). The molecule has 5 heteroatoms. The summed E-state index contributed by atoms with van der Waals surface area (Å²) >= 11 is 0. The Hall–Kier alpha value is -2.47. The standard InChI is InChI=1S/C35H47NO4/c37-33(29-14-8-3-9-15-29)17-16-31-32-21-28(20-30(32)22-34(31)38)18-19-40-25-35(39)36(23-26-10-4-1-5-11-26)24-27-12-6-2-7-13-27/h1-2,4-7,10-13,16-17,28-34,37-38H,3,8-9,14-15,18-25H2/t28?,30-,31+,32+,33?,34+/m0/s1. The molecular weight excluding hydrogens is 498 g/mol. The normalized spacial score (nSPS) is 27.6. The molecule has 2 aromatic rings. The number of rotatable bonds is 12. The van der Waals surface area contributed by atoms with Crippen LogP contribution in [-0.4, -0.2) is 46.4 Å². The summed E-state index contributed by atoms with van der Waals surface area (Å²) in [6.45, 7) is 1.82. The van der Waals surface area contributed by atoms with Crippen molar-refractivity contribution in [2.75, 3.05) is 13.2 Å². The van der Waals surface area contributed by atoms with E-state index < -0.39 is 0 Å². The molecule has 3 aliphatic rings. The summed E-state index contributed by atoms with van der Waals surface area (Å²) in [5, 5.41) is 21.4. The van der Waals surface area contributed by atoms with Gasteiger partial charge in [0.2, 0.25) is 5.91 Å². The van der Waals surface area contributed by atoms with E-state index in [1.54, 1.807) is 0 Å². The lowest BCUT2D eigenvalue weighted by Crippen LogP contribution is -2.33. The van der Waals surface area contributed by atoms with Gasteiger partial charge in [0.05, 0.1) is 12.2 Å². The largest absolute Gasteiger partial charge is 0.392 e. The summed E-state index contributed by atoms with van der Waals surface area (Å²) in [5.74, 6) is 2.16. The third kappa shape index (κ3) is 7.84. The van der Waals surface area contributed by atoms with Crippen molar-refractivity contribution < 1.29 is 19.7 Å². The van der Waals surface area contributed by atoms with E-state index in [0.717, 1.165) is 49.7 Å². The van der Waals surface area contributed by atoms with Gasteiger partial charge in [-0.15, -0.1) is 0 Å². The number of aliphatic hydroxyl groups excluding tert-OH is 2. The number of hydrogen-bond acceptors (Lipinski definition) is 4. The van der Waals surface area contributed by atoms with E-state index in [-0.39, 0.29) is 30.6 Å². The number of carbonyl (C=O) groups is 1. The maximum absolute atomic E-state index is 13.2. The number of nitrogens with zero attached hydrogens (tertiary/aromatic N) is 1. The zero-order valence-corrected chi connectivity index (χ0v) is 23.8. The molecule has 2 N–H and O–H groups in total. The van der Waals surface area contributed by atoms with Gasteiger partial charge < -0.3 is 19.8 Å². The van der Waals surface area contributed by atoms with Gasteiger partial charge in [-0.05, 0) is 73.3 Å².